The fraction of sp³-hybridized carbons (Fsp3) is 0.800. The molecule has 0 saturated heterocycles. The standard InChI is InChI=1S/C5H11NO3/c1-3(8)5(9)4(6)2-7/h4-5,7,9H,2,6H2,1H3/t4?,5-/m1/s1. The molecule has 0 rings (SSSR count). The molecule has 0 amide bonds. The molecule has 0 heterocycles. The highest BCUT2D eigenvalue weighted by molar-refractivity contribution is 5.80. The highest BCUT2D eigenvalue weighted by atomic mass is 16.3. The van der Waals surface area contributed by atoms with E-state index in [1.807, 2.05) is 0 Å². The minimum atomic E-state index is -1.23. The van der Waals surface area contributed by atoms with Crippen molar-refractivity contribution in [2.24, 2.45) is 5.73 Å². The van der Waals surface area contributed by atoms with Crippen molar-refractivity contribution in [3.05, 3.63) is 0 Å². The van der Waals surface area contributed by atoms with Crippen LogP contribution >= 0.6 is 0 Å². The van der Waals surface area contributed by atoms with Gasteiger partial charge in [0.15, 0.2) is 5.78 Å². The Bertz CT molecular complexity index is 104. The number of carbonyl (C=O) groups excluding carboxylic acids is 1. The molecular formula is C5H11NO3. The summed E-state index contributed by atoms with van der Waals surface area (Å²) in [6.07, 6.45) is -1.23. The van der Waals surface area contributed by atoms with E-state index >= 15 is 0 Å². The summed E-state index contributed by atoms with van der Waals surface area (Å²) >= 11 is 0. The Morgan fingerprint density at radius 1 is 1.78 bits per heavy atom. The van der Waals surface area contributed by atoms with Crippen LogP contribution in [0.25, 0.3) is 0 Å². The Balaban J connectivity index is 3.72. The van der Waals surface area contributed by atoms with Crippen molar-refractivity contribution >= 4 is 5.78 Å². The highest BCUT2D eigenvalue weighted by Gasteiger charge is 2.17. The van der Waals surface area contributed by atoms with Gasteiger partial charge < -0.3 is 15.9 Å². The minimum Gasteiger partial charge on any atom is -0.395 e. The SMILES string of the molecule is CC(=O)[C@@H](O)C(N)CO. The average molecular weight is 133 g/mol. The fourth-order valence-electron chi connectivity index (χ4n) is 0.401. The van der Waals surface area contributed by atoms with E-state index in [-0.39, 0.29) is 6.61 Å². The van der Waals surface area contributed by atoms with Gasteiger partial charge >= 0.3 is 0 Å². The number of aliphatic hydroxyl groups excluding tert-OH is 2. The van der Waals surface area contributed by atoms with Crippen molar-refractivity contribution in [1.29, 1.82) is 0 Å². The topological polar surface area (TPSA) is 83.5 Å². The van der Waals surface area contributed by atoms with E-state index in [0.29, 0.717) is 0 Å². The first-order chi connectivity index (χ1) is 4.09. The molecule has 4 heteroatoms. The summed E-state index contributed by atoms with van der Waals surface area (Å²) in [6.45, 7) is 0.848. The number of Topliss-reactive ketones (excluding diaryl/α,β-unsaturated/α-hetero) is 1. The molecule has 0 aromatic rings. The molecule has 0 aromatic carbocycles. The van der Waals surface area contributed by atoms with Crippen molar-refractivity contribution in [2.45, 2.75) is 19.1 Å². The lowest BCUT2D eigenvalue weighted by atomic mass is 10.1. The Labute approximate surface area is 53.3 Å². The lowest BCUT2D eigenvalue weighted by Crippen LogP contribution is -2.41. The van der Waals surface area contributed by atoms with Gasteiger partial charge in [-0.1, -0.05) is 0 Å². The van der Waals surface area contributed by atoms with Gasteiger partial charge in [-0.15, -0.1) is 0 Å². The van der Waals surface area contributed by atoms with E-state index in [0.717, 1.165) is 0 Å². The number of nitrogens with two attached hydrogens (primary N) is 1. The van der Waals surface area contributed by atoms with Crippen LogP contribution < -0.4 is 5.73 Å². The van der Waals surface area contributed by atoms with Crippen molar-refractivity contribution < 1.29 is 15.0 Å². The predicted octanol–water partition coefficient (Wildman–Crippen LogP) is -1.74. The molecule has 0 aliphatic heterocycles. The van der Waals surface area contributed by atoms with Crippen LogP contribution in [0.3, 0.4) is 0 Å². The van der Waals surface area contributed by atoms with E-state index in [4.69, 9.17) is 15.9 Å². The van der Waals surface area contributed by atoms with Crippen LogP contribution in [0.5, 0.6) is 0 Å². The number of aliphatic hydroxyl groups is 2. The Morgan fingerprint density at radius 3 is 2.33 bits per heavy atom. The van der Waals surface area contributed by atoms with Crippen LogP contribution in [0.2, 0.25) is 0 Å². The molecule has 1 unspecified atom stereocenters. The van der Waals surface area contributed by atoms with E-state index in [9.17, 15) is 4.79 Å². The van der Waals surface area contributed by atoms with E-state index in [1.54, 1.807) is 0 Å². The van der Waals surface area contributed by atoms with Crippen LogP contribution in [0.1, 0.15) is 6.92 Å². The van der Waals surface area contributed by atoms with Crippen LogP contribution in [-0.2, 0) is 4.79 Å². The van der Waals surface area contributed by atoms with Gasteiger partial charge in [0.05, 0.1) is 12.6 Å². The van der Waals surface area contributed by atoms with E-state index < -0.39 is 17.9 Å². The molecule has 0 spiro atoms. The Morgan fingerprint density at radius 2 is 2.22 bits per heavy atom. The zero-order chi connectivity index (χ0) is 7.44. The molecule has 2 atom stereocenters. The number of carbonyl (C=O) groups is 1. The molecule has 0 saturated carbocycles. The summed E-state index contributed by atoms with van der Waals surface area (Å²) in [5, 5.41) is 17.1. The Hall–Kier alpha value is -0.450. The first kappa shape index (κ1) is 8.55. The highest BCUT2D eigenvalue weighted by Crippen LogP contribution is 1.89. The van der Waals surface area contributed by atoms with Crippen molar-refractivity contribution in [1.82, 2.24) is 0 Å². The summed E-state index contributed by atoms with van der Waals surface area (Å²) in [5.41, 5.74) is 5.10. The maximum atomic E-state index is 10.3. The largest absolute Gasteiger partial charge is 0.395 e. The second-order valence-electron chi connectivity index (χ2n) is 1.90. The maximum Gasteiger partial charge on any atom is 0.159 e. The van der Waals surface area contributed by atoms with Crippen molar-refractivity contribution in [2.75, 3.05) is 6.61 Å². The molecule has 0 aliphatic rings. The Kier molecular flexibility index (Phi) is 3.37. The third kappa shape index (κ3) is 2.55. The molecule has 0 bridgehead atoms. The quantitative estimate of drug-likeness (QED) is 0.426. The summed E-state index contributed by atoms with van der Waals surface area (Å²) in [5.74, 6) is -0.420. The normalized spacial score (nSPS) is 16.9. The molecule has 0 fully saturated rings. The summed E-state index contributed by atoms with van der Waals surface area (Å²) in [7, 11) is 0. The number of rotatable bonds is 3. The van der Waals surface area contributed by atoms with Crippen molar-refractivity contribution in [3.8, 4) is 0 Å². The van der Waals surface area contributed by atoms with Gasteiger partial charge in [0.1, 0.15) is 6.10 Å². The molecule has 4 N–H and O–H groups in total. The number of ketones is 1. The van der Waals surface area contributed by atoms with Crippen LogP contribution in [-0.4, -0.2) is 34.7 Å². The van der Waals surface area contributed by atoms with Gasteiger partial charge in [0.25, 0.3) is 0 Å². The van der Waals surface area contributed by atoms with E-state index in [2.05, 4.69) is 0 Å². The minimum absolute atomic E-state index is 0.374. The molecule has 9 heavy (non-hydrogen) atoms. The monoisotopic (exact) mass is 133 g/mol. The van der Waals surface area contributed by atoms with Gasteiger partial charge in [0, 0.05) is 0 Å². The second kappa shape index (κ2) is 3.55. The van der Waals surface area contributed by atoms with Gasteiger partial charge in [0.2, 0.25) is 0 Å². The molecule has 0 radical (unpaired) electrons. The van der Waals surface area contributed by atoms with Crippen LogP contribution in [0, 0.1) is 0 Å². The summed E-state index contributed by atoms with van der Waals surface area (Å²) in [6, 6.07) is -0.845. The third-order valence-corrected chi connectivity index (χ3v) is 1.03. The van der Waals surface area contributed by atoms with Gasteiger partial charge in [-0.3, -0.25) is 4.79 Å². The van der Waals surface area contributed by atoms with Gasteiger partial charge in [-0.2, -0.15) is 0 Å². The second-order valence-corrected chi connectivity index (χ2v) is 1.90. The van der Waals surface area contributed by atoms with Gasteiger partial charge in [-0.25, -0.2) is 0 Å². The van der Waals surface area contributed by atoms with Gasteiger partial charge in [-0.05, 0) is 6.92 Å². The summed E-state index contributed by atoms with van der Waals surface area (Å²) in [4.78, 5) is 10.3. The maximum absolute atomic E-state index is 10.3. The molecule has 54 valence electrons. The number of hydrogen-bond donors (Lipinski definition) is 3. The smallest absolute Gasteiger partial charge is 0.159 e. The molecule has 0 aliphatic carbocycles. The first-order valence-electron chi connectivity index (χ1n) is 2.64. The van der Waals surface area contributed by atoms with Crippen LogP contribution in [0.4, 0.5) is 0 Å². The number of hydrogen-bond acceptors (Lipinski definition) is 4. The fourth-order valence-corrected chi connectivity index (χ4v) is 0.401. The average Bonchev–Trinajstić information content (AvgIpc) is 1.84. The molecule has 4 nitrogen and oxygen atoms in total. The first-order valence-corrected chi connectivity index (χ1v) is 2.64. The third-order valence-electron chi connectivity index (χ3n) is 1.03. The molecular weight excluding hydrogens is 122 g/mol. The predicted molar refractivity (Wildman–Crippen MR) is 31.7 cm³/mol. The lowest BCUT2D eigenvalue weighted by Gasteiger charge is -2.11. The zero-order valence-electron chi connectivity index (χ0n) is 5.24. The lowest BCUT2D eigenvalue weighted by molar-refractivity contribution is -0.126. The van der Waals surface area contributed by atoms with E-state index in [1.165, 1.54) is 6.92 Å². The zero-order valence-corrected chi connectivity index (χ0v) is 5.24. The van der Waals surface area contributed by atoms with Crippen molar-refractivity contribution in [3.63, 3.8) is 0 Å². The molecule has 0 aromatic heterocycles. The van der Waals surface area contributed by atoms with Crippen LogP contribution in [0.15, 0.2) is 0 Å². The summed E-state index contributed by atoms with van der Waals surface area (Å²) < 4.78 is 0.